The van der Waals surface area contributed by atoms with Crippen molar-refractivity contribution in [3.05, 3.63) is 47.3 Å². The van der Waals surface area contributed by atoms with Crippen LogP contribution in [-0.4, -0.2) is 22.5 Å². The Balaban J connectivity index is 2.49. The number of hydrogen-bond donors (Lipinski definition) is 2. The predicted octanol–water partition coefficient (Wildman–Crippen LogP) is 1.39. The van der Waals surface area contributed by atoms with Crippen molar-refractivity contribution >= 4 is 0 Å². The van der Waals surface area contributed by atoms with Gasteiger partial charge in [0, 0.05) is 5.56 Å². The monoisotopic (exact) mass is 224 g/mol. The molecule has 0 fully saturated rings. The van der Waals surface area contributed by atoms with Gasteiger partial charge in [0.05, 0.1) is 12.2 Å². The molecule has 0 aliphatic carbocycles. The number of halogens is 2. The summed E-state index contributed by atoms with van der Waals surface area (Å²) >= 11 is 0. The first-order valence-electron chi connectivity index (χ1n) is 4.71. The number of benzene rings is 1. The van der Waals surface area contributed by atoms with Crippen molar-refractivity contribution in [1.82, 2.24) is 20.7 Å². The summed E-state index contributed by atoms with van der Waals surface area (Å²) in [5.74, 6) is -1.22. The van der Waals surface area contributed by atoms with E-state index in [1.165, 1.54) is 24.4 Å². The zero-order chi connectivity index (χ0) is 11.5. The number of aromatic nitrogens is 3. The van der Waals surface area contributed by atoms with Crippen molar-refractivity contribution in [3.63, 3.8) is 0 Å². The number of H-pyrrole nitrogens is 1. The molecule has 16 heavy (non-hydrogen) atoms. The number of rotatable bonds is 3. The Morgan fingerprint density at radius 2 is 2.00 bits per heavy atom. The van der Waals surface area contributed by atoms with Gasteiger partial charge in [-0.25, -0.2) is 8.78 Å². The van der Waals surface area contributed by atoms with Gasteiger partial charge in [0.25, 0.3) is 0 Å². The Morgan fingerprint density at radius 3 is 2.50 bits per heavy atom. The van der Waals surface area contributed by atoms with Gasteiger partial charge in [0.15, 0.2) is 0 Å². The van der Waals surface area contributed by atoms with E-state index in [1.54, 1.807) is 7.05 Å². The van der Waals surface area contributed by atoms with E-state index in [-0.39, 0.29) is 5.56 Å². The van der Waals surface area contributed by atoms with Gasteiger partial charge in [-0.3, -0.25) is 0 Å². The van der Waals surface area contributed by atoms with Crippen molar-refractivity contribution in [1.29, 1.82) is 0 Å². The smallest absolute Gasteiger partial charge is 0.131 e. The zero-order valence-electron chi connectivity index (χ0n) is 8.54. The fraction of sp³-hybridized carbons (Fsp3) is 0.200. The third kappa shape index (κ3) is 1.79. The van der Waals surface area contributed by atoms with Crippen molar-refractivity contribution in [3.8, 4) is 0 Å². The van der Waals surface area contributed by atoms with Crippen LogP contribution in [0, 0.1) is 11.6 Å². The second kappa shape index (κ2) is 4.36. The van der Waals surface area contributed by atoms with Gasteiger partial charge in [0.2, 0.25) is 0 Å². The standard InChI is InChI=1S/C10H10F2N4/c1-13-10(8-5-14-16-15-8)9-6(11)3-2-4-7(9)12/h2-5,10,13H,1H3,(H,14,15,16). The van der Waals surface area contributed by atoms with Crippen molar-refractivity contribution < 1.29 is 8.78 Å². The van der Waals surface area contributed by atoms with Gasteiger partial charge in [-0.2, -0.15) is 15.4 Å². The lowest BCUT2D eigenvalue weighted by atomic mass is 10.0. The molecule has 0 amide bonds. The highest BCUT2D eigenvalue weighted by Gasteiger charge is 2.22. The highest BCUT2D eigenvalue weighted by Crippen LogP contribution is 2.24. The summed E-state index contributed by atoms with van der Waals surface area (Å²) in [6, 6.07) is 3.09. The third-order valence-corrected chi connectivity index (χ3v) is 2.31. The van der Waals surface area contributed by atoms with E-state index in [9.17, 15) is 8.78 Å². The minimum absolute atomic E-state index is 0.0566. The van der Waals surface area contributed by atoms with Crippen LogP contribution in [0.25, 0.3) is 0 Å². The second-order valence-corrected chi connectivity index (χ2v) is 3.25. The van der Waals surface area contributed by atoms with E-state index >= 15 is 0 Å². The molecule has 84 valence electrons. The summed E-state index contributed by atoms with van der Waals surface area (Å²) < 4.78 is 27.1. The Labute approximate surface area is 90.7 Å². The van der Waals surface area contributed by atoms with Crippen LogP contribution in [0.5, 0.6) is 0 Å². The van der Waals surface area contributed by atoms with Crippen molar-refractivity contribution in [2.24, 2.45) is 0 Å². The summed E-state index contributed by atoms with van der Waals surface area (Å²) in [6.45, 7) is 0. The van der Waals surface area contributed by atoms with Crippen LogP contribution in [0.15, 0.2) is 24.4 Å². The predicted molar refractivity (Wildman–Crippen MR) is 53.6 cm³/mol. The molecule has 0 saturated heterocycles. The van der Waals surface area contributed by atoms with E-state index in [1.807, 2.05) is 0 Å². The minimum atomic E-state index is -0.653. The number of hydrogen-bond acceptors (Lipinski definition) is 3. The van der Waals surface area contributed by atoms with Gasteiger partial charge in [-0.15, -0.1) is 0 Å². The van der Waals surface area contributed by atoms with E-state index in [0.717, 1.165) is 0 Å². The number of aromatic amines is 1. The summed E-state index contributed by atoms with van der Waals surface area (Å²) in [5, 5.41) is 12.6. The van der Waals surface area contributed by atoms with Gasteiger partial charge < -0.3 is 5.32 Å². The highest BCUT2D eigenvalue weighted by atomic mass is 19.1. The van der Waals surface area contributed by atoms with Crippen LogP contribution >= 0.6 is 0 Å². The lowest BCUT2D eigenvalue weighted by Gasteiger charge is -2.15. The van der Waals surface area contributed by atoms with Crippen LogP contribution < -0.4 is 5.32 Å². The number of nitrogens with one attached hydrogen (secondary N) is 2. The maximum Gasteiger partial charge on any atom is 0.131 e. The van der Waals surface area contributed by atoms with E-state index in [4.69, 9.17) is 0 Å². The molecule has 1 atom stereocenters. The van der Waals surface area contributed by atoms with Crippen LogP contribution in [-0.2, 0) is 0 Å². The lowest BCUT2D eigenvalue weighted by Crippen LogP contribution is -2.20. The molecule has 2 N–H and O–H groups in total. The minimum Gasteiger partial charge on any atom is -0.308 e. The van der Waals surface area contributed by atoms with Gasteiger partial charge in [0.1, 0.15) is 17.3 Å². The molecule has 1 heterocycles. The molecule has 0 saturated carbocycles. The fourth-order valence-electron chi connectivity index (χ4n) is 1.58. The average molecular weight is 224 g/mol. The summed E-state index contributed by atoms with van der Waals surface area (Å²) in [6.07, 6.45) is 1.42. The topological polar surface area (TPSA) is 53.6 Å². The SMILES string of the molecule is CNC(c1cn[nH]n1)c1c(F)cccc1F. The lowest BCUT2D eigenvalue weighted by molar-refractivity contribution is 0.517. The largest absolute Gasteiger partial charge is 0.308 e. The average Bonchev–Trinajstić information content (AvgIpc) is 2.77. The van der Waals surface area contributed by atoms with E-state index in [0.29, 0.717) is 5.69 Å². The van der Waals surface area contributed by atoms with Gasteiger partial charge in [-0.1, -0.05) is 6.07 Å². The van der Waals surface area contributed by atoms with E-state index < -0.39 is 17.7 Å². The van der Waals surface area contributed by atoms with Gasteiger partial charge >= 0.3 is 0 Å². The Bertz CT molecular complexity index is 449. The van der Waals surface area contributed by atoms with Gasteiger partial charge in [-0.05, 0) is 19.2 Å². The molecular weight excluding hydrogens is 214 g/mol. The third-order valence-electron chi connectivity index (χ3n) is 2.31. The first-order valence-corrected chi connectivity index (χ1v) is 4.71. The summed E-state index contributed by atoms with van der Waals surface area (Å²) in [5.41, 5.74) is 0.380. The summed E-state index contributed by atoms with van der Waals surface area (Å²) in [4.78, 5) is 0. The van der Waals surface area contributed by atoms with Crippen LogP contribution in [0.2, 0.25) is 0 Å². The fourth-order valence-corrected chi connectivity index (χ4v) is 1.58. The van der Waals surface area contributed by atoms with E-state index in [2.05, 4.69) is 20.7 Å². The molecule has 2 rings (SSSR count). The molecule has 0 aliphatic rings. The maximum absolute atomic E-state index is 13.5. The Hall–Kier alpha value is -1.82. The molecule has 0 bridgehead atoms. The first kappa shape index (κ1) is 10.7. The Kier molecular flexibility index (Phi) is 2.91. The number of nitrogens with zero attached hydrogens (tertiary/aromatic N) is 2. The van der Waals surface area contributed by atoms with Crippen molar-refractivity contribution in [2.45, 2.75) is 6.04 Å². The molecular formula is C10H10F2N4. The van der Waals surface area contributed by atoms with Crippen LogP contribution in [0.4, 0.5) is 8.78 Å². The Morgan fingerprint density at radius 1 is 1.31 bits per heavy atom. The molecule has 4 nitrogen and oxygen atoms in total. The molecule has 1 aromatic heterocycles. The maximum atomic E-state index is 13.5. The molecule has 0 aliphatic heterocycles. The van der Waals surface area contributed by atoms with Crippen molar-refractivity contribution in [2.75, 3.05) is 7.05 Å². The molecule has 0 radical (unpaired) electrons. The molecule has 1 aromatic carbocycles. The van der Waals surface area contributed by atoms with Crippen LogP contribution in [0.1, 0.15) is 17.3 Å². The molecule has 1 unspecified atom stereocenters. The first-order chi connectivity index (χ1) is 7.74. The molecule has 2 aromatic rings. The second-order valence-electron chi connectivity index (χ2n) is 3.25. The normalized spacial score (nSPS) is 12.7. The summed E-state index contributed by atoms with van der Waals surface area (Å²) in [7, 11) is 1.60. The highest BCUT2D eigenvalue weighted by molar-refractivity contribution is 5.29. The zero-order valence-corrected chi connectivity index (χ0v) is 8.54. The van der Waals surface area contributed by atoms with Crippen LogP contribution in [0.3, 0.4) is 0 Å². The molecule has 6 heteroatoms. The quantitative estimate of drug-likeness (QED) is 0.828. The molecule has 0 spiro atoms.